The summed E-state index contributed by atoms with van der Waals surface area (Å²) in [4.78, 5) is 24.5. The van der Waals surface area contributed by atoms with E-state index in [1.54, 1.807) is 0 Å². The summed E-state index contributed by atoms with van der Waals surface area (Å²) >= 11 is 5.85. The van der Waals surface area contributed by atoms with Gasteiger partial charge in [-0.2, -0.15) is 0 Å². The van der Waals surface area contributed by atoms with Crippen LogP contribution in [0.3, 0.4) is 0 Å². The van der Waals surface area contributed by atoms with E-state index in [4.69, 9.17) is 16.3 Å². The summed E-state index contributed by atoms with van der Waals surface area (Å²) < 4.78 is 6.08. The van der Waals surface area contributed by atoms with Crippen molar-refractivity contribution in [3.05, 3.63) is 38.1 Å². The number of halogens is 1. The molecule has 8 nitrogen and oxygen atoms in total. The molecule has 0 saturated carbocycles. The molecular formula is C10H11ClN2O6. The van der Waals surface area contributed by atoms with Crippen LogP contribution in [-0.2, 0) is 4.74 Å². The molecule has 104 valence electrons. The van der Waals surface area contributed by atoms with E-state index in [2.05, 4.69) is 0 Å². The third kappa shape index (κ3) is 2.08. The maximum Gasteiger partial charge on any atom is 0.335 e. The Morgan fingerprint density at radius 3 is 2.53 bits per heavy atom. The highest BCUT2D eigenvalue weighted by Crippen LogP contribution is 2.37. The molecule has 2 heterocycles. The summed E-state index contributed by atoms with van der Waals surface area (Å²) in [6, 6.07) is 1.06. The van der Waals surface area contributed by atoms with Crippen LogP contribution in [0.15, 0.2) is 26.9 Å². The van der Waals surface area contributed by atoms with Gasteiger partial charge in [-0.1, -0.05) is 11.6 Å². The number of aliphatic hydroxyl groups excluding tert-OH is 3. The zero-order chi connectivity index (χ0) is 14.2. The third-order valence-electron chi connectivity index (χ3n) is 2.82. The second kappa shape index (κ2) is 4.82. The van der Waals surface area contributed by atoms with E-state index >= 15 is 0 Å². The maximum atomic E-state index is 11.6. The molecule has 2 rings (SSSR count). The quantitative estimate of drug-likeness (QED) is 0.511. The fraction of sp³-hybridized carbons (Fsp3) is 0.400. The van der Waals surface area contributed by atoms with Gasteiger partial charge in [-0.15, -0.1) is 0 Å². The molecular weight excluding hydrogens is 280 g/mol. The minimum atomic E-state index is -1.72. The largest absolute Gasteiger partial charge is 0.463 e. The standard InChI is InChI=1S/C10H11ClN2O6/c11-6-7(17)10(3-14,4-15)19-8(6)13-2-1-5(16)12-9(13)18/h1-2,7,14-15,17H,3-4H2,(H,12,16,18)/t7-/m0/s1. The molecule has 0 radical (unpaired) electrons. The molecule has 1 aliphatic rings. The first-order valence-corrected chi connectivity index (χ1v) is 5.64. The molecule has 1 aromatic heterocycles. The van der Waals surface area contributed by atoms with Crippen LogP contribution in [0.2, 0.25) is 0 Å². The lowest BCUT2D eigenvalue weighted by atomic mass is 10.0. The average Bonchev–Trinajstić information content (AvgIpc) is 2.64. The number of nitrogens with zero attached hydrogens (tertiary/aromatic N) is 1. The maximum absolute atomic E-state index is 11.6. The van der Waals surface area contributed by atoms with Crippen LogP contribution in [0, 0.1) is 0 Å². The highest BCUT2D eigenvalue weighted by atomic mass is 35.5. The highest BCUT2D eigenvalue weighted by molar-refractivity contribution is 6.32. The van der Waals surface area contributed by atoms with Gasteiger partial charge in [-0.25, -0.2) is 9.36 Å². The normalized spacial score (nSPS) is 21.6. The van der Waals surface area contributed by atoms with Crippen LogP contribution < -0.4 is 11.2 Å². The molecule has 0 aromatic carbocycles. The topological polar surface area (TPSA) is 125 Å². The van der Waals surface area contributed by atoms with Crippen molar-refractivity contribution in [3.63, 3.8) is 0 Å². The molecule has 9 heteroatoms. The summed E-state index contributed by atoms with van der Waals surface area (Å²) in [5.41, 5.74) is -3.14. The summed E-state index contributed by atoms with van der Waals surface area (Å²) in [6.45, 7) is -1.41. The van der Waals surface area contributed by atoms with Gasteiger partial charge in [-0.05, 0) is 0 Å². The summed E-state index contributed by atoms with van der Waals surface area (Å²) in [6.07, 6.45) is -0.380. The van der Waals surface area contributed by atoms with Crippen LogP contribution in [-0.4, -0.2) is 49.8 Å². The predicted molar refractivity (Wildman–Crippen MR) is 64.4 cm³/mol. The number of ether oxygens (including phenoxy) is 1. The van der Waals surface area contributed by atoms with Gasteiger partial charge in [0.1, 0.15) is 11.1 Å². The predicted octanol–water partition coefficient (Wildman–Crippen LogP) is -1.98. The molecule has 0 spiro atoms. The Balaban J connectivity index is 2.52. The molecule has 1 aromatic rings. The van der Waals surface area contributed by atoms with E-state index in [1.807, 2.05) is 4.98 Å². The molecule has 0 saturated heterocycles. The number of aliphatic hydroxyl groups is 3. The van der Waals surface area contributed by atoms with Gasteiger partial charge in [0.25, 0.3) is 5.56 Å². The highest BCUT2D eigenvalue weighted by Gasteiger charge is 2.49. The lowest BCUT2D eigenvalue weighted by Gasteiger charge is -2.28. The van der Waals surface area contributed by atoms with E-state index in [9.17, 15) is 24.9 Å². The van der Waals surface area contributed by atoms with Crippen molar-refractivity contribution in [1.82, 2.24) is 9.55 Å². The van der Waals surface area contributed by atoms with Gasteiger partial charge in [0.05, 0.1) is 13.2 Å². The zero-order valence-corrected chi connectivity index (χ0v) is 10.3. The summed E-state index contributed by atoms with van der Waals surface area (Å²) in [7, 11) is 0. The fourth-order valence-electron chi connectivity index (χ4n) is 1.67. The van der Waals surface area contributed by atoms with Crippen molar-refractivity contribution in [3.8, 4) is 0 Å². The van der Waals surface area contributed by atoms with Crippen molar-refractivity contribution in [2.24, 2.45) is 0 Å². The second-order valence-corrected chi connectivity index (χ2v) is 4.43. The Bertz CT molecular complexity index is 629. The number of hydrogen-bond acceptors (Lipinski definition) is 6. The number of nitrogens with one attached hydrogen (secondary N) is 1. The van der Waals surface area contributed by atoms with Crippen LogP contribution in [0.1, 0.15) is 0 Å². The summed E-state index contributed by atoms with van der Waals surface area (Å²) in [5.74, 6) is -0.251. The minimum Gasteiger partial charge on any atom is -0.463 e. The Morgan fingerprint density at radius 2 is 2.05 bits per heavy atom. The molecule has 19 heavy (non-hydrogen) atoms. The van der Waals surface area contributed by atoms with Gasteiger partial charge in [0.2, 0.25) is 5.88 Å². The van der Waals surface area contributed by atoms with Crippen molar-refractivity contribution in [2.75, 3.05) is 13.2 Å². The van der Waals surface area contributed by atoms with Crippen molar-refractivity contribution in [2.45, 2.75) is 11.7 Å². The SMILES string of the molecule is O=c1ccn(C2=C(Cl)[C@H](O)C(CO)(CO)O2)c(=O)[nH]1. The van der Waals surface area contributed by atoms with E-state index in [0.29, 0.717) is 0 Å². The Morgan fingerprint density at radius 1 is 1.42 bits per heavy atom. The third-order valence-corrected chi connectivity index (χ3v) is 3.19. The van der Waals surface area contributed by atoms with Gasteiger partial charge in [0.15, 0.2) is 5.60 Å². The first-order chi connectivity index (χ1) is 8.95. The number of rotatable bonds is 3. The number of H-pyrrole nitrogens is 1. The van der Waals surface area contributed by atoms with E-state index in [-0.39, 0.29) is 10.9 Å². The van der Waals surface area contributed by atoms with E-state index in [1.165, 1.54) is 0 Å². The number of aromatic nitrogens is 2. The van der Waals surface area contributed by atoms with Gasteiger partial charge >= 0.3 is 5.69 Å². The molecule has 0 amide bonds. The molecule has 1 atom stereocenters. The first-order valence-electron chi connectivity index (χ1n) is 5.26. The first kappa shape index (κ1) is 13.8. The smallest absolute Gasteiger partial charge is 0.335 e. The van der Waals surface area contributed by atoms with E-state index < -0.39 is 36.2 Å². The van der Waals surface area contributed by atoms with Crippen molar-refractivity contribution >= 4 is 17.5 Å². The molecule has 0 fully saturated rings. The molecule has 1 aliphatic heterocycles. The van der Waals surface area contributed by atoms with Crippen molar-refractivity contribution in [1.29, 1.82) is 0 Å². The lowest BCUT2D eigenvalue weighted by Crippen LogP contribution is -2.48. The Kier molecular flexibility index (Phi) is 3.50. The Hall–Kier alpha value is -1.61. The molecule has 0 unspecified atom stereocenters. The monoisotopic (exact) mass is 290 g/mol. The van der Waals surface area contributed by atoms with Crippen LogP contribution in [0.5, 0.6) is 0 Å². The summed E-state index contributed by atoms with van der Waals surface area (Å²) in [5, 5.41) is 28.0. The Labute approximate surface area is 111 Å². The van der Waals surface area contributed by atoms with Crippen LogP contribution >= 0.6 is 11.6 Å². The second-order valence-electron chi connectivity index (χ2n) is 4.02. The minimum absolute atomic E-state index is 0.251. The van der Waals surface area contributed by atoms with Crippen LogP contribution in [0.4, 0.5) is 0 Å². The van der Waals surface area contributed by atoms with Crippen molar-refractivity contribution < 1.29 is 20.1 Å². The number of aromatic amines is 1. The fourth-order valence-corrected chi connectivity index (χ4v) is 2.00. The van der Waals surface area contributed by atoms with E-state index in [0.717, 1.165) is 16.8 Å². The van der Waals surface area contributed by atoms with Crippen LogP contribution in [0.25, 0.3) is 5.88 Å². The van der Waals surface area contributed by atoms with Gasteiger partial charge in [0, 0.05) is 12.3 Å². The molecule has 0 bridgehead atoms. The number of hydrogen-bond donors (Lipinski definition) is 4. The lowest BCUT2D eigenvalue weighted by molar-refractivity contribution is -0.0995. The molecule has 4 N–H and O–H groups in total. The van der Waals surface area contributed by atoms with Gasteiger partial charge in [-0.3, -0.25) is 9.78 Å². The van der Waals surface area contributed by atoms with Gasteiger partial charge < -0.3 is 20.1 Å². The zero-order valence-electron chi connectivity index (χ0n) is 9.54. The average molecular weight is 291 g/mol. The molecule has 0 aliphatic carbocycles.